The lowest BCUT2D eigenvalue weighted by Crippen LogP contribution is -2.37. The number of aromatic nitrogens is 3. The van der Waals surface area contributed by atoms with Crippen LogP contribution in [-0.4, -0.2) is 49.4 Å². The number of nitrogens with zero attached hydrogens (tertiary/aromatic N) is 2. The van der Waals surface area contributed by atoms with Gasteiger partial charge in [-0.15, -0.1) is 16.9 Å². The largest absolute Gasteiger partial charge is 0.507 e. The van der Waals surface area contributed by atoms with E-state index in [0.29, 0.717) is 16.6 Å². The number of rotatable bonds is 5. The van der Waals surface area contributed by atoms with E-state index in [-0.39, 0.29) is 17.6 Å². The van der Waals surface area contributed by atoms with Gasteiger partial charge in [0, 0.05) is 18.5 Å². The van der Waals surface area contributed by atoms with E-state index >= 15 is 0 Å². The predicted molar refractivity (Wildman–Crippen MR) is 97.6 cm³/mol. The van der Waals surface area contributed by atoms with Crippen molar-refractivity contribution in [2.75, 3.05) is 18.5 Å². The van der Waals surface area contributed by atoms with E-state index in [1.165, 1.54) is 0 Å². The van der Waals surface area contributed by atoms with E-state index in [2.05, 4.69) is 20.5 Å². The Bertz CT molecular complexity index is 741. The zero-order chi connectivity index (χ0) is 17.9. The van der Waals surface area contributed by atoms with Gasteiger partial charge in [-0.2, -0.15) is 4.98 Å². The first-order chi connectivity index (χ1) is 12.0. The van der Waals surface area contributed by atoms with E-state index in [1.807, 2.05) is 13.8 Å². The Kier molecular flexibility index (Phi) is 5.29. The van der Waals surface area contributed by atoms with E-state index < -0.39 is 4.75 Å². The summed E-state index contributed by atoms with van der Waals surface area (Å²) in [5, 5.41) is 19.8. The Morgan fingerprint density at radius 2 is 2.08 bits per heavy atom. The van der Waals surface area contributed by atoms with Gasteiger partial charge in [0.05, 0.1) is 10.3 Å². The van der Waals surface area contributed by atoms with Crippen LogP contribution in [0.1, 0.15) is 26.7 Å². The Hall–Kier alpha value is -2.06. The molecule has 134 valence electrons. The Balaban J connectivity index is 1.65. The Labute approximate surface area is 150 Å². The normalized spacial score (nSPS) is 15.9. The smallest absolute Gasteiger partial charge is 0.249 e. The summed E-state index contributed by atoms with van der Waals surface area (Å²) in [7, 11) is 0. The van der Waals surface area contributed by atoms with Crippen molar-refractivity contribution in [3.63, 3.8) is 0 Å². The molecule has 1 amide bonds. The molecule has 2 aromatic rings. The first-order valence-electron chi connectivity index (χ1n) is 8.23. The van der Waals surface area contributed by atoms with Crippen molar-refractivity contribution in [3.05, 3.63) is 24.3 Å². The molecule has 1 saturated heterocycles. The highest BCUT2D eigenvalue weighted by molar-refractivity contribution is 8.02. The molecule has 0 aliphatic carbocycles. The van der Waals surface area contributed by atoms with Crippen LogP contribution in [0.15, 0.2) is 24.3 Å². The predicted octanol–water partition coefficient (Wildman–Crippen LogP) is 2.81. The number of phenols is 1. The van der Waals surface area contributed by atoms with Crippen LogP contribution in [0.4, 0.5) is 5.95 Å². The molecule has 0 radical (unpaired) electrons. The number of amides is 1. The summed E-state index contributed by atoms with van der Waals surface area (Å²) >= 11 is 1.66. The molecule has 7 nitrogen and oxygen atoms in total. The average molecular weight is 362 g/mol. The van der Waals surface area contributed by atoms with Crippen LogP contribution >= 0.6 is 11.8 Å². The molecule has 0 saturated carbocycles. The summed E-state index contributed by atoms with van der Waals surface area (Å²) in [5.41, 5.74) is 0.534. The molecule has 8 heteroatoms. The summed E-state index contributed by atoms with van der Waals surface area (Å²) < 4.78 is 4.77. The van der Waals surface area contributed by atoms with Crippen molar-refractivity contribution in [3.8, 4) is 17.1 Å². The van der Waals surface area contributed by atoms with E-state index in [0.717, 1.165) is 26.1 Å². The van der Waals surface area contributed by atoms with Gasteiger partial charge in [0.15, 0.2) is 5.82 Å². The monoisotopic (exact) mass is 362 g/mol. The van der Waals surface area contributed by atoms with Crippen LogP contribution in [-0.2, 0) is 9.53 Å². The number of aromatic amines is 1. The standard InChI is InChI=1S/C17H22N4O3S/c1-17(2,25-11-7-9-24-10-8-11)15(23)19-16-18-14(20-21-16)12-5-3-4-6-13(12)22/h3-6,11,22H,7-10H2,1-2H3,(H2,18,19,20,21,23). The molecule has 25 heavy (non-hydrogen) atoms. The van der Waals surface area contributed by atoms with Crippen molar-refractivity contribution in [2.45, 2.75) is 36.7 Å². The molecule has 3 N–H and O–H groups in total. The van der Waals surface area contributed by atoms with Gasteiger partial charge in [-0.3, -0.25) is 15.2 Å². The van der Waals surface area contributed by atoms with Gasteiger partial charge in [0.2, 0.25) is 11.9 Å². The number of carbonyl (C=O) groups excluding carboxylic acids is 1. The second kappa shape index (κ2) is 7.45. The summed E-state index contributed by atoms with van der Waals surface area (Å²) in [4.78, 5) is 16.9. The number of carbonyl (C=O) groups is 1. The fraction of sp³-hybridized carbons (Fsp3) is 0.471. The molecule has 1 fully saturated rings. The van der Waals surface area contributed by atoms with Gasteiger partial charge >= 0.3 is 0 Å². The molecule has 0 bridgehead atoms. The van der Waals surface area contributed by atoms with Crippen LogP contribution < -0.4 is 5.32 Å². The van der Waals surface area contributed by atoms with E-state index in [1.54, 1.807) is 36.0 Å². The second-order valence-corrected chi connectivity index (χ2v) is 8.34. The highest BCUT2D eigenvalue weighted by atomic mass is 32.2. The Morgan fingerprint density at radius 1 is 1.36 bits per heavy atom. The molecular formula is C17H22N4O3S. The SMILES string of the molecule is CC(C)(SC1CCOCC1)C(=O)Nc1n[nH]c(-c2ccccc2O)n1. The van der Waals surface area contributed by atoms with Crippen molar-refractivity contribution >= 4 is 23.6 Å². The molecule has 1 aliphatic rings. The molecule has 0 unspecified atom stereocenters. The maximum absolute atomic E-state index is 12.6. The minimum atomic E-state index is -0.600. The summed E-state index contributed by atoms with van der Waals surface area (Å²) in [6, 6.07) is 6.83. The highest BCUT2D eigenvalue weighted by Crippen LogP contribution is 2.34. The van der Waals surface area contributed by atoms with E-state index in [4.69, 9.17) is 4.74 Å². The topological polar surface area (TPSA) is 100 Å². The van der Waals surface area contributed by atoms with Crippen LogP contribution in [0.2, 0.25) is 0 Å². The molecule has 2 heterocycles. The molecule has 0 atom stereocenters. The molecule has 1 aromatic carbocycles. The number of ether oxygens (including phenoxy) is 1. The van der Waals surface area contributed by atoms with Crippen LogP contribution in [0.3, 0.4) is 0 Å². The van der Waals surface area contributed by atoms with Crippen molar-refractivity contribution in [2.24, 2.45) is 0 Å². The first kappa shape index (κ1) is 17.8. The number of nitrogens with one attached hydrogen (secondary N) is 2. The van der Waals surface area contributed by atoms with Gasteiger partial charge in [0.25, 0.3) is 0 Å². The maximum Gasteiger partial charge on any atom is 0.249 e. The highest BCUT2D eigenvalue weighted by Gasteiger charge is 2.33. The number of benzene rings is 1. The zero-order valence-electron chi connectivity index (χ0n) is 14.3. The summed E-state index contributed by atoms with van der Waals surface area (Å²) in [6.45, 7) is 5.30. The third-order valence-corrected chi connectivity index (χ3v) is 5.63. The lowest BCUT2D eigenvalue weighted by molar-refractivity contribution is -0.117. The minimum Gasteiger partial charge on any atom is -0.507 e. The number of aromatic hydroxyl groups is 1. The van der Waals surface area contributed by atoms with Crippen molar-refractivity contribution in [1.29, 1.82) is 0 Å². The van der Waals surface area contributed by atoms with Crippen LogP contribution in [0.25, 0.3) is 11.4 Å². The number of para-hydroxylation sites is 1. The number of hydrogen-bond donors (Lipinski definition) is 3. The lowest BCUT2D eigenvalue weighted by Gasteiger charge is -2.30. The maximum atomic E-state index is 12.6. The quantitative estimate of drug-likeness (QED) is 0.756. The van der Waals surface area contributed by atoms with Gasteiger partial charge in [0.1, 0.15) is 5.75 Å². The fourth-order valence-corrected chi connectivity index (χ4v) is 4.05. The Morgan fingerprint density at radius 3 is 2.80 bits per heavy atom. The average Bonchev–Trinajstić information content (AvgIpc) is 3.04. The van der Waals surface area contributed by atoms with Crippen LogP contribution in [0, 0.1) is 0 Å². The third-order valence-electron chi connectivity index (χ3n) is 4.05. The number of thioether (sulfide) groups is 1. The molecule has 1 aromatic heterocycles. The third kappa shape index (κ3) is 4.32. The molecular weight excluding hydrogens is 340 g/mol. The molecule has 1 aliphatic heterocycles. The van der Waals surface area contributed by atoms with Gasteiger partial charge in [-0.1, -0.05) is 12.1 Å². The summed E-state index contributed by atoms with van der Waals surface area (Å²) in [5.74, 6) is 0.561. The van der Waals surface area contributed by atoms with Gasteiger partial charge < -0.3 is 9.84 Å². The minimum absolute atomic E-state index is 0.104. The van der Waals surface area contributed by atoms with Crippen LogP contribution in [0.5, 0.6) is 5.75 Å². The number of phenolic OH excluding ortho intramolecular Hbond substituents is 1. The first-order valence-corrected chi connectivity index (χ1v) is 9.11. The zero-order valence-corrected chi connectivity index (χ0v) is 15.1. The second-order valence-electron chi connectivity index (χ2n) is 6.42. The summed E-state index contributed by atoms with van der Waals surface area (Å²) in [6.07, 6.45) is 1.92. The fourth-order valence-electron chi connectivity index (χ4n) is 2.63. The van der Waals surface area contributed by atoms with E-state index in [9.17, 15) is 9.90 Å². The molecule has 0 spiro atoms. The number of hydrogen-bond acceptors (Lipinski definition) is 6. The number of anilines is 1. The van der Waals surface area contributed by atoms with Crippen molar-refractivity contribution < 1.29 is 14.6 Å². The van der Waals surface area contributed by atoms with Crippen molar-refractivity contribution in [1.82, 2.24) is 15.2 Å². The lowest BCUT2D eigenvalue weighted by atomic mass is 10.2. The van der Waals surface area contributed by atoms with Gasteiger partial charge in [-0.25, -0.2) is 0 Å². The number of H-pyrrole nitrogens is 1. The van der Waals surface area contributed by atoms with Gasteiger partial charge in [-0.05, 0) is 38.8 Å². The molecule has 3 rings (SSSR count).